The average molecular weight is 377 g/mol. The number of hydrogen-bond acceptors (Lipinski definition) is 7. The summed E-state index contributed by atoms with van der Waals surface area (Å²) in [5.41, 5.74) is 0.790. The standard InChI is InChI=1S/C15H20N4O3.2ClH/c1-20-11-3-4-12(13(9-11)21-2)15-17-14(22-18-15)10-19-7-5-16-6-8-19;;/h3-4,9,16H,5-8,10H2,1-2H3;2*1H. The Bertz CT molecular complexity index is 633. The Kier molecular flexibility index (Phi) is 8.27. The van der Waals surface area contributed by atoms with Crippen LogP contribution in [0.2, 0.25) is 0 Å². The van der Waals surface area contributed by atoms with Gasteiger partial charge in [-0.3, -0.25) is 4.90 Å². The lowest BCUT2D eigenvalue weighted by Crippen LogP contribution is -2.42. The van der Waals surface area contributed by atoms with Crippen molar-refractivity contribution in [2.45, 2.75) is 6.54 Å². The Balaban J connectivity index is 0.00000144. The molecule has 24 heavy (non-hydrogen) atoms. The number of benzene rings is 1. The molecule has 1 aliphatic rings. The minimum Gasteiger partial charge on any atom is -0.497 e. The van der Waals surface area contributed by atoms with Gasteiger partial charge in [-0.2, -0.15) is 4.98 Å². The molecule has 134 valence electrons. The molecule has 1 aromatic heterocycles. The summed E-state index contributed by atoms with van der Waals surface area (Å²) >= 11 is 0. The Morgan fingerprint density at radius 3 is 2.58 bits per heavy atom. The van der Waals surface area contributed by atoms with Crippen LogP contribution in [-0.2, 0) is 6.54 Å². The smallest absolute Gasteiger partial charge is 0.241 e. The first-order chi connectivity index (χ1) is 10.8. The van der Waals surface area contributed by atoms with Gasteiger partial charge in [-0.05, 0) is 12.1 Å². The highest BCUT2D eigenvalue weighted by molar-refractivity contribution is 5.85. The van der Waals surface area contributed by atoms with Crippen LogP contribution in [0.5, 0.6) is 11.5 Å². The Morgan fingerprint density at radius 2 is 1.92 bits per heavy atom. The van der Waals surface area contributed by atoms with Crippen molar-refractivity contribution >= 4 is 24.8 Å². The summed E-state index contributed by atoms with van der Waals surface area (Å²) in [6.07, 6.45) is 0. The van der Waals surface area contributed by atoms with E-state index in [4.69, 9.17) is 14.0 Å². The van der Waals surface area contributed by atoms with Gasteiger partial charge in [-0.15, -0.1) is 24.8 Å². The van der Waals surface area contributed by atoms with E-state index in [0.29, 0.717) is 24.0 Å². The number of hydrogen-bond donors (Lipinski definition) is 1. The molecule has 9 heteroatoms. The maximum absolute atomic E-state index is 5.38. The molecular weight excluding hydrogens is 355 g/mol. The minimum atomic E-state index is 0. The molecular formula is C15H22Cl2N4O3. The van der Waals surface area contributed by atoms with Gasteiger partial charge in [-0.25, -0.2) is 0 Å². The van der Waals surface area contributed by atoms with Crippen LogP contribution in [0.3, 0.4) is 0 Å². The summed E-state index contributed by atoms with van der Waals surface area (Å²) in [6.45, 7) is 4.64. The second-order valence-corrected chi connectivity index (χ2v) is 5.10. The van der Waals surface area contributed by atoms with Gasteiger partial charge in [-0.1, -0.05) is 5.16 Å². The number of methoxy groups -OCH3 is 2. The predicted molar refractivity (Wildman–Crippen MR) is 95.5 cm³/mol. The maximum atomic E-state index is 5.38. The summed E-state index contributed by atoms with van der Waals surface area (Å²) in [7, 11) is 3.23. The molecule has 1 N–H and O–H groups in total. The maximum Gasteiger partial charge on any atom is 0.241 e. The number of piperazine rings is 1. The van der Waals surface area contributed by atoms with Crippen molar-refractivity contribution < 1.29 is 14.0 Å². The molecule has 0 unspecified atom stereocenters. The third kappa shape index (κ3) is 4.73. The van der Waals surface area contributed by atoms with Crippen LogP contribution < -0.4 is 14.8 Å². The molecule has 0 radical (unpaired) electrons. The quantitative estimate of drug-likeness (QED) is 0.855. The summed E-state index contributed by atoms with van der Waals surface area (Å²) in [6, 6.07) is 5.53. The Labute approximate surface area is 153 Å². The highest BCUT2D eigenvalue weighted by Gasteiger charge is 2.17. The topological polar surface area (TPSA) is 72.7 Å². The first-order valence-corrected chi connectivity index (χ1v) is 7.28. The Hall–Kier alpha value is -1.54. The SMILES string of the molecule is COc1ccc(-c2noc(CN3CCNCC3)n2)c(OC)c1.Cl.Cl. The van der Waals surface area contributed by atoms with Crippen molar-refractivity contribution in [1.82, 2.24) is 20.4 Å². The van der Waals surface area contributed by atoms with Crippen molar-refractivity contribution in [2.75, 3.05) is 40.4 Å². The number of halogens is 2. The molecule has 0 atom stereocenters. The van der Waals surface area contributed by atoms with Gasteiger partial charge in [0.15, 0.2) is 0 Å². The van der Waals surface area contributed by atoms with Gasteiger partial charge in [0.1, 0.15) is 11.5 Å². The third-order valence-electron chi connectivity index (χ3n) is 3.69. The van der Waals surface area contributed by atoms with Crippen molar-refractivity contribution in [3.63, 3.8) is 0 Å². The average Bonchev–Trinajstić information content (AvgIpc) is 3.03. The lowest BCUT2D eigenvalue weighted by molar-refractivity contribution is 0.203. The highest BCUT2D eigenvalue weighted by atomic mass is 35.5. The molecule has 3 rings (SSSR count). The predicted octanol–water partition coefficient (Wildman–Crippen LogP) is 2.00. The zero-order valence-corrected chi connectivity index (χ0v) is 15.3. The molecule has 0 amide bonds. The van der Waals surface area contributed by atoms with Gasteiger partial charge in [0.25, 0.3) is 0 Å². The zero-order chi connectivity index (χ0) is 15.4. The number of nitrogens with zero attached hydrogens (tertiary/aromatic N) is 3. The molecule has 2 heterocycles. The van der Waals surface area contributed by atoms with E-state index in [1.165, 1.54) is 0 Å². The van der Waals surface area contributed by atoms with E-state index in [2.05, 4.69) is 20.4 Å². The molecule has 1 fully saturated rings. The summed E-state index contributed by atoms with van der Waals surface area (Å²) in [5, 5.41) is 7.39. The van der Waals surface area contributed by atoms with Gasteiger partial charge in [0.05, 0.1) is 26.3 Å². The normalized spacial score (nSPS) is 14.4. The molecule has 0 aliphatic carbocycles. The van der Waals surface area contributed by atoms with Crippen molar-refractivity contribution in [3.05, 3.63) is 24.1 Å². The van der Waals surface area contributed by atoms with E-state index in [1.54, 1.807) is 14.2 Å². The molecule has 7 nitrogen and oxygen atoms in total. The molecule has 1 saturated heterocycles. The minimum absolute atomic E-state index is 0. The van der Waals surface area contributed by atoms with E-state index in [-0.39, 0.29) is 24.8 Å². The zero-order valence-electron chi connectivity index (χ0n) is 13.7. The van der Waals surface area contributed by atoms with Gasteiger partial charge >= 0.3 is 0 Å². The summed E-state index contributed by atoms with van der Waals surface area (Å²) < 4.78 is 15.9. The first kappa shape index (κ1) is 20.5. The van der Waals surface area contributed by atoms with E-state index in [1.807, 2.05) is 18.2 Å². The van der Waals surface area contributed by atoms with Gasteiger partial charge in [0.2, 0.25) is 11.7 Å². The van der Waals surface area contributed by atoms with Crippen molar-refractivity contribution in [2.24, 2.45) is 0 Å². The van der Waals surface area contributed by atoms with E-state index in [0.717, 1.165) is 37.5 Å². The first-order valence-electron chi connectivity index (χ1n) is 7.28. The summed E-state index contributed by atoms with van der Waals surface area (Å²) in [5.74, 6) is 2.54. The van der Waals surface area contributed by atoms with Crippen LogP contribution in [0.4, 0.5) is 0 Å². The van der Waals surface area contributed by atoms with Crippen LogP contribution in [-0.4, -0.2) is 55.4 Å². The fourth-order valence-corrected chi connectivity index (χ4v) is 2.47. The highest BCUT2D eigenvalue weighted by Crippen LogP contribution is 2.31. The summed E-state index contributed by atoms with van der Waals surface area (Å²) in [4.78, 5) is 6.77. The fraction of sp³-hybridized carbons (Fsp3) is 0.467. The molecule has 0 spiro atoms. The van der Waals surface area contributed by atoms with Crippen LogP contribution in [0.15, 0.2) is 22.7 Å². The molecule has 2 aromatic rings. The lowest BCUT2D eigenvalue weighted by Gasteiger charge is -2.25. The number of nitrogens with one attached hydrogen (secondary N) is 1. The van der Waals surface area contributed by atoms with Gasteiger partial charge in [0, 0.05) is 32.2 Å². The number of aromatic nitrogens is 2. The monoisotopic (exact) mass is 376 g/mol. The van der Waals surface area contributed by atoms with Crippen LogP contribution >= 0.6 is 24.8 Å². The van der Waals surface area contributed by atoms with E-state index < -0.39 is 0 Å². The molecule has 0 bridgehead atoms. The van der Waals surface area contributed by atoms with Crippen LogP contribution in [0, 0.1) is 0 Å². The van der Waals surface area contributed by atoms with Crippen LogP contribution in [0.1, 0.15) is 5.89 Å². The van der Waals surface area contributed by atoms with Crippen LogP contribution in [0.25, 0.3) is 11.4 Å². The fourth-order valence-electron chi connectivity index (χ4n) is 2.47. The van der Waals surface area contributed by atoms with Gasteiger partial charge < -0.3 is 19.3 Å². The third-order valence-corrected chi connectivity index (χ3v) is 3.69. The second-order valence-electron chi connectivity index (χ2n) is 5.10. The second kappa shape index (κ2) is 9.68. The van der Waals surface area contributed by atoms with E-state index in [9.17, 15) is 0 Å². The molecule has 0 saturated carbocycles. The number of ether oxygens (including phenoxy) is 2. The number of rotatable bonds is 5. The lowest BCUT2D eigenvalue weighted by atomic mass is 10.2. The van der Waals surface area contributed by atoms with E-state index >= 15 is 0 Å². The molecule has 1 aliphatic heterocycles. The molecule has 1 aromatic carbocycles. The van der Waals surface area contributed by atoms with Crippen molar-refractivity contribution in [1.29, 1.82) is 0 Å². The Morgan fingerprint density at radius 1 is 1.17 bits per heavy atom. The van der Waals surface area contributed by atoms with Crippen molar-refractivity contribution in [3.8, 4) is 22.9 Å². The largest absolute Gasteiger partial charge is 0.497 e.